The van der Waals surface area contributed by atoms with Crippen LogP contribution in [-0.2, 0) is 6.42 Å². The minimum absolute atomic E-state index is 0.190. The Balaban J connectivity index is 0.961. The van der Waals surface area contributed by atoms with E-state index in [9.17, 15) is 0 Å². The number of aromatic nitrogens is 1. The van der Waals surface area contributed by atoms with E-state index in [0.717, 1.165) is 19.3 Å². The molecule has 11 rings (SSSR count). The summed E-state index contributed by atoms with van der Waals surface area (Å²) in [4.78, 5) is 2.58. The highest BCUT2D eigenvalue weighted by Gasteiger charge is 2.56. The lowest BCUT2D eigenvalue weighted by Gasteiger charge is -2.44. The van der Waals surface area contributed by atoms with E-state index >= 15 is 0 Å². The zero-order valence-electron chi connectivity index (χ0n) is 29.6. The van der Waals surface area contributed by atoms with Crippen LogP contribution < -0.4 is 4.90 Å². The Hall–Kier alpha value is -5.08. The van der Waals surface area contributed by atoms with Gasteiger partial charge in [0.1, 0.15) is 0 Å². The third kappa shape index (κ3) is 4.17. The molecule has 2 nitrogen and oxygen atoms in total. The number of hydrogen-bond acceptors (Lipinski definition) is 1. The molecule has 4 aromatic rings. The Kier molecular flexibility index (Phi) is 6.37. The van der Waals surface area contributed by atoms with E-state index in [1.807, 2.05) is 0 Å². The second kappa shape index (κ2) is 11.0. The normalized spacial score (nSPS) is 27.7. The average Bonchev–Trinajstić information content (AvgIpc) is 3.78. The van der Waals surface area contributed by atoms with Gasteiger partial charge in [-0.1, -0.05) is 105 Å². The fraction of sp³-hybridized carbons (Fsp3) is 0.265. The predicted molar refractivity (Wildman–Crippen MR) is 212 cm³/mol. The van der Waals surface area contributed by atoms with Crippen molar-refractivity contribution in [1.29, 1.82) is 0 Å². The molecule has 0 saturated heterocycles. The van der Waals surface area contributed by atoms with Crippen LogP contribution in [0, 0.1) is 35.0 Å². The number of nitrogens with zero attached hydrogens (tertiary/aromatic N) is 2. The monoisotopic (exact) mass is 660 g/mol. The molecule has 1 aromatic heterocycles. The number of para-hydroxylation sites is 1. The van der Waals surface area contributed by atoms with Gasteiger partial charge >= 0.3 is 0 Å². The zero-order valence-corrected chi connectivity index (χ0v) is 29.6. The van der Waals surface area contributed by atoms with E-state index in [1.54, 1.807) is 16.7 Å². The van der Waals surface area contributed by atoms with Crippen molar-refractivity contribution in [2.24, 2.45) is 35.0 Å². The Morgan fingerprint density at radius 3 is 2.45 bits per heavy atom. The largest absolute Gasteiger partial charge is 0.314 e. The molecule has 1 fully saturated rings. The molecule has 2 heteroatoms. The number of rotatable bonds is 3. The highest BCUT2D eigenvalue weighted by Crippen LogP contribution is 2.64. The van der Waals surface area contributed by atoms with E-state index in [1.165, 1.54) is 68.9 Å². The number of hydrogen-bond donors (Lipinski definition) is 0. The predicted octanol–water partition coefficient (Wildman–Crippen LogP) is 12.1. The lowest BCUT2D eigenvalue weighted by atomic mass is 9.59. The van der Waals surface area contributed by atoms with Gasteiger partial charge in [0.2, 0.25) is 0 Å². The first-order valence-corrected chi connectivity index (χ1v) is 19.3. The molecule has 5 unspecified atom stereocenters. The Morgan fingerprint density at radius 1 is 0.745 bits per heavy atom. The van der Waals surface area contributed by atoms with Crippen molar-refractivity contribution in [3.8, 4) is 16.8 Å². The summed E-state index contributed by atoms with van der Waals surface area (Å²) in [5, 5.41) is 1.34. The van der Waals surface area contributed by atoms with Gasteiger partial charge in [0.15, 0.2) is 0 Å². The fourth-order valence-corrected chi connectivity index (χ4v) is 11.3. The number of anilines is 1. The van der Waals surface area contributed by atoms with E-state index < -0.39 is 0 Å². The van der Waals surface area contributed by atoms with Gasteiger partial charge in [0.05, 0.1) is 5.52 Å². The summed E-state index contributed by atoms with van der Waals surface area (Å²) in [7, 11) is 0. The van der Waals surface area contributed by atoms with Crippen molar-refractivity contribution in [3.05, 3.63) is 173 Å². The summed E-state index contributed by atoms with van der Waals surface area (Å²) >= 11 is 0. The molecular weight excluding hydrogens is 617 g/mol. The second-order valence-electron chi connectivity index (χ2n) is 16.2. The van der Waals surface area contributed by atoms with Gasteiger partial charge in [0.25, 0.3) is 0 Å². The maximum Gasteiger partial charge on any atom is 0.0538 e. The highest BCUT2D eigenvalue weighted by molar-refractivity contribution is 5.96. The van der Waals surface area contributed by atoms with Gasteiger partial charge < -0.3 is 9.47 Å². The molecule has 1 aliphatic heterocycles. The van der Waals surface area contributed by atoms with E-state index in [2.05, 4.69) is 163 Å². The van der Waals surface area contributed by atoms with Crippen LogP contribution in [0.5, 0.6) is 0 Å². The number of benzene rings is 3. The average molecular weight is 661 g/mol. The van der Waals surface area contributed by atoms with Gasteiger partial charge in [-0.05, 0) is 126 Å². The Bertz CT molecular complexity index is 2380. The maximum atomic E-state index is 2.61. The molecule has 0 amide bonds. The molecule has 0 N–H and O–H groups in total. The van der Waals surface area contributed by atoms with Crippen molar-refractivity contribution >= 4 is 22.7 Å². The fourth-order valence-electron chi connectivity index (χ4n) is 11.3. The smallest absolute Gasteiger partial charge is 0.0538 e. The van der Waals surface area contributed by atoms with Gasteiger partial charge in [0, 0.05) is 57.2 Å². The summed E-state index contributed by atoms with van der Waals surface area (Å²) in [6.45, 7) is 5.05. The van der Waals surface area contributed by atoms with Crippen molar-refractivity contribution in [2.45, 2.75) is 46.0 Å². The number of fused-ring (bicyclic) bond motifs is 11. The minimum Gasteiger partial charge on any atom is -0.314 e. The third-order valence-electron chi connectivity index (χ3n) is 13.4. The van der Waals surface area contributed by atoms with Gasteiger partial charge in [-0.15, -0.1) is 0 Å². The topological polar surface area (TPSA) is 8.17 Å². The summed E-state index contributed by atoms with van der Waals surface area (Å²) in [6.07, 6.45) is 32.8. The minimum atomic E-state index is 0.190. The van der Waals surface area contributed by atoms with Crippen LogP contribution in [0.2, 0.25) is 0 Å². The molecule has 51 heavy (non-hydrogen) atoms. The molecule has 3 aromatic carbocycles. The van der Waals surface area contributed by atoms with Crippen LogP contribution in [0.3, 0.4) is 0 Å². The summed E-state index contributed by atoms with van der Waals surface area (Å²) in [6, 6.07) is 27.3. The van der Waals surface area contributed by atoms with Gasteiger partial charge in [-0.2, -0.15) is 0 Å². The van der Waals surface area contributed by atoms with Gasteiger partial charge in [-0.25, -0.2) is 0 Å². The SMILES string of the molecule is CC1(C)C2=CCCC=C2C2C=CC3C4=C(C=CC3C21)N(c1ccc(-c2ccc3c(c2)c2c(n3-c3ccccc3)CCC=C2)cc1)C1=CC=CCC14. The zero-order chi connectivity index (χ0) is 33.8. The molecule has 0 bridgehead atoms. The summed E-state index contributed by atoms with van der Waals surface area (Å²) in [5.74, 6) is 2.57. The third-order valence-corrected chi connectivity index (χ3v) is 13.4. The van der Waals surface area contributed by atoms with Crippen molar-refractivity contribution in [3.63, 3.8) is 0 Å². The van der Waals surface area contributed by atoms with Crippen LogP contribution in [0.15, 0.2) is 162 Å². The molecule has 250 valence electrons. The first-order valence-electron chi connectivity index (χ1n) is 19.3. The van der Waals surface area contributed by atoms with Crippen molar-refractivity contribution < 1.29 is 0 Å². The van der Waals surface area contributed by atoms with Crippen LogP contribution in [0.1, 0.15) is 50.8 Å². The van der Waals surface area contributed by atoms with Crippen LogP contribution in [-0.4, -0.2) is 4.57 Å². The highest BCUT2D eigenvalue weighted by atomic mass is 15.2. The Labute approximate surface area is 301 Å². The van der Waals surface area contributed by atoms with E-state index in [0.29, 0.717) is 29.6 Å². The molecule has 1 saturated carbocycles. The van der Waals surface area contributed by atoms with Crippen LogP contribution >= 0.6 is 0 Å². The standard InChI is InChI=1S/C49H44N2/c1-49(2)42-17-9-6-14-35(42)38-26-25-37-39(48(38)49)27-29-46-47(37)40-16-8-11-19-44(40)51(46)34-23-20-31(21-24-34)32-22-28-45-41(30-32)36-15-7-10-18-43(36)50(45)33-12-4-3-5-13-33/h3-5,7-8,11-15,17,19-30,37-40,48H,6,9-10,16,18H2,1-2H3. The Morgan fingerprint density at radius 2 is 1.57 bits per heavy atom. The molecule has 5 atom stereocenters. The number of allylic oxidation sites excluding steroid dienone is 13. The van der Waals surface area contributed by atoms with E-state index in [-0.39, 0.29) is 5.41 Å². The first-order chi connectivity index (χ1) is 25.1. The van der Waals surface area contributed by atoms with Crippen molar-refractivity contribution in [2.75, 3.05) is 4.90 Å². The second-order valence-corrected chi connectivity index (χ2v) is 16.2. The van der Waals surface area contributed by atoms with Crippen LogP contribution in [0.4, 0.5) is 5.69 Å². The summed E-state index contributed by atoms with van der Waals surface area (Å²) < 4.78 is 2.47. The summed E-state index contributed by atoms with van der Waals surface area (Å²) in [5.41, 5.74) is 17.0. The quantitative estimate of drug-likeness (QED) is 0.199. The van der Waals surface area contributed by atoms with E-state index in [4.69, 9.17) is 0 Å². The lowest BCUT2D eigenvalue weighted by molar-refractivity contribution is 0.171. The van der Waals surface area contributed by atoms with Crippen molar-refractivity contribution in [1.82, 2.24) is 4.57 Å². The lowest BCUT2D eigenvalue weighted by Crippen LogP contribution is -2.38. The maximum absolute atomic E-state index is 2.61. The molecule has 0 spiro atoms. The molecular formula is C49H44N2. The molecule has 2 heterocycles. The first kappa shape index (κ1) is 29.6. The molecule has 7 aliphatic rings. The van der Waals surface area contributed by atoms with Gasteiger partial charge in [-0.3, -0.25) is 0 Å². The molecule has 6 aliphatic carbocycles. The molecule has 0 radical (unpaired) electrons. The van der Waals surface area contributed by atoms with Crippen LogP contribution in [0.25, 0.3) is 33.8 Å².